The Kier molecular flexibility index (Phi) is 4.00. The number of hydrazone groups is 1. The number of hydrogen-bond donors (Lipinski definition) is 2. The molecule has 1 aliphatic carbocycles. The molecule has 4 rings (SSSR count). The van der Waals surface area contributed by atoms with Crippen LogP contribution in [0.5, 0.6) is 0 Å². The Hall–Kier alpha value is -2.31. The first-order chi connectivity index (χ1) is 11.7. The van der Waals surface area contributed by atoms with Crippen LogP contribution in [-0.4, -0.2) is 35.9 Å². The summed E-state index contributed by atoms with van der Waals surface area (Å²) in [6, 6.07) is 11.6. The Balaban J connectivity index is 1.50. The van der Waals surface area contributed by atoms with Gasteiger partial charge in [-0.2, -0.15) is 5.10 Å². The fourth-order valence-corrected chi connectivity index (χ4v) is 3.38. The average Bonchev–Trinajstić information content (AvgIpc) is 3.21. The van der Waals surface area contributed by atoms with Crippen molar-refractivity contribution in [3.05, 3.63) is 47.5 Å². The molecule has 1 atom stereocenters. The molecule has 1 aliphatic heterocycles. The highest BCUT2D eigenvalue weighted by molar-refractivity contribution is 7.80. The number of rotatable bonds is 3. The van der Waals surface area contributed by atoms with E-state index in [0.717, 1.165) is 35.8 Å². The Bertz CT molecular complexity index is 851. The highest BCUT2D eigenvalue weighted by Crippen LogP contribution is 2.30. The van der Waals surface area contributed by atoms with Gasteiger partial charge in [0.2, 0.25) is 5.78 Å². The van der Waals surface area contributed by atoms with Crippen LogP contribution in [-0.2, 0) is 4.74 Å². The zero-order valence-electron chi connectivity index (χ0n) is 13.0. The molecule has 2 aromatic rings. The van der Waals surface area contributed by atoms with Gasteiger partial charge >= 0.3 is 0 Å². The topological polar surface area (TPSA) is 62.7 Å². The lowest BCUT2D eigenvalue weighted by atomic mass is 10.1. The number of carbonyl (C=O) groups excluding carboxylic acids is 1. The fraction of sp³-hybridized carbons (Fsp3) is 0.278. The van der Waals surface area contributed by atoms with Crippen LogP contribution in [0.4, 0.5) is 0 Å². The molecule has 1 heterocycles. The standard InChI is InChI=1S/C18H17N3O2S/c22-17-14-8-2-5-11-4-1-7-13(15(11)14)16(17)20-21-18(24)19-10-12-6-3-9-23-12/h1-2,4-5,7-8,12H,3,6,9-10H2,(H2,19,21,24)/b20-16-/t12-/m0/s1. The van der Waals surface area contributed by atoms with Gasteiger partial charge < -0.3 is 10.1 Å². The number of Topliss-reactive ketones (excluding diaryl/α,β-unsaturated/α-hetero) is 1. The van der Waals surface area contributed by atoms with E-state index in [1.54, 1.807) is 0 Å². The smallest absolute Gasteiger partial charge is 0.214 e. The molecule has 0 aromatic heterocycles. The monoisotopic (exact) mass is 339 g/mol. The van der Waals surface area contributed by atoms with Crippen molar-refractivity contribution in [3.63, 3.8) is 0 Å². The normalized spacial score (nSPS) is 20.8. The molecule has 2 N–H and O–H groups in total. The molecule has 122 valence electrons. The third-order valence-electron chi connectivity index (χ3n) is 4.40. The van der Waals surface area contributed by atoms with E-state index < -0.39 is 0 Å². The first-order valence-electron chi connectivity index (χ1n) is 8.04. The summed E-state index contributed by atoms with van der Waals surface area (Å²) in [7, 11) is 0. The van der Waals surface area contributed by atoms with Gasteiger partial charge in [0, 0.05) is 29.7 Å². The largest absolute Gasteiger partial charge is 0.376 e. The van der Waals surface area contributed by atoms with E-state index in [0.29, 0.717) is 22.9 Å². The van der Waals surface area contributed by atoms with E-state index >= 15 is 0 Å². The second-order valence-electron chi connectivity index (χ2n) is 5.96. The summed E-state index contributed by atoms with van der Waals surface area (Å²) in [6.07, 6.45) is 2.33. The summed E-state index contributed by atoms with van der Waals surface area (Å²) in [5, 5.41) is 9.75. The minimum Gasteiger partial charge on any atom is -0.376 e. The molecular weight excluding hydrogens is 322 g/mol. The minimum atomic E-state index is -0.0729. The summed E-state index contributed by atoms with van der Waals surface area (Å²) < 4.78 is 5.54. The molecule has 1 saturated heterocycles. The summed E-state index contributed by atoms with van der Waals surface area (Å²) in [4.78, 5) is 12.6. The lowest BCUT2D eigenvalue weighted by Gasteiger charge is -2.12. The first kappa shape index (κ1) is 15.2. The Morgan fingerprint density at radius 3 is 2.79 bits per heavy atom. The third-order valence-corrected chi connectivity index (χ3v) is 4.64. The summed E-state index contributed by atoms with van der Waals surface area (Å²) in [6.45, 7) is 1.46. The summed E-state index contributed by atoms with van der Waals surface area (Å²) in [5.41, 5.74) is 4.74. The summed E-state index contributed by atoms with van der Waals surface area (Å²) in [5.74, 6) is -0.0729. The predicted molar refractivity (Wildman–Crippen MR) is 97.5 cm³/mol. The van der Waals surface area contributed by atoms with Crippen molar-refractivity contribution in [1.29, 1.82) is 0 Å². The summed E-state index contributed by atoms with van der Waals surface area (Å²) >= 11 is 5.23. The highest BCUT2D eigenvalue weighted by atomic mass is 32.1. The third kappa shape index (κ3) is 2.68. The van der Waals surface area contributed by atoms with Crippen molar-refractivity contribution in [3.8, 4) is 0 Å². The van der Waals surface area contributed by atoms with Crippen molar-refractivity contribution in [1.82, 2.24) is 10.7 Å². The van der Waals surface area contributed by atoms with E-state index in [1.165, 1.54) is 0 Å². The number of ether oxygens (including phenoxy) is 1. The molecule has 0 amide bonds. The molecule has 2 aliphatic rings. The maximum atomic E-state index is 12.6. The van der Waals surface area contributed by atoms with Gasteiger partial charge in [0.25, 0.3) is 0 Å². The van der Waals surface area contributed by atoms with Crippen LogP contribution in [0.3, 0.4) is 0 Å². The average molecular weight is 339 g/mol. The van der Waals surface area contributed by atoms with Gasteiger partial charge in [-0.3, -0.25) is 10.2 Å². The van der Waals surface area contributed by atoms with Crippen molar-refractivity contribution in [2.75, 3.05) is 13.2 Å². The lowest BCUT2D eigenvalue weighted by molar-refractivity contribution is 0.106. The number of benzene rings is 2. The molecule has 0 radical (unpaired) electrons. The van der Waals surface area contributed by atoms with Gasteiger partial charge in [-0.05, 0) is 30.4 Å². The fourth-order valence-electron chi connectivity index (χ4n) is 3.25. The maximum Gasteiger partial charge on any atom is 0.214 e. The Labute approximate surface area is 145 Å². The van der Waals surface area contributed by atoms with Crippen LogP contribution < -0.4 is 10.7 Å². The van der Waals surface area contributed by atoms with E-state index in [1.807, 2.05) is 36.4 Å². The van der Waals surface area contributed by atoms with E-state index in [2.05, 4.69) is 15.8 Å². The van der Waals surface area contributed by atoms with Crippen molar-refractivity contribution in [2.24, 2.45) is 5.10 Å². The predicted octanol–water partition coefficient (Wildman–Crippen LogP) is 2.38. The van der Waals surface area contributed by atoms with Crippen LogP contribution in [0.15, 0.2) is 41.5 Å². The Morgan fingerprint density at radius 1 is 1.25 bits per heavy atom. The quantitative estimate of drug-likeness (QED) is 0.664. The van der Waals surface area contributed by atoms with Crippen LogP contribution in [0, 0.1) is 0 Å². The Morgan fingerprint density at radius 2 is 2.04 bits per heavy atom. The van der Waals surface area contributed by atoms with Crippen LogP contribution in [0.2, 0.25) is 0 Å². The zero-order chi connectivity index (χ0) is 16.5. The molecule has 0 bridgehead atoms. The number of ketones is 1. The molecular formula is C18H17N3O2S. The molecule has 6 heteroatoms. The van der Waals surface area contributed by atoms with Crippen LogP contribution in [0.25, 0.3) is 10.8 Å². The number of nitrogens with one attached hydrogen (secondary N) is 2. The van der Waals surface area contributed by atoms with Gasteiger partial charge in [-0.15, -0.1) is 0 Å². The molecule has 5 nitrogen and oxygen atoms in total. The van der Waals surface area contributed by atoms with E-state index in [9.17, 15) is 4.79 Å². The zero-order valence-corrected chi connectivity index (χ0v) is 13.9. The van der Waals surface area contributed by atoms with Crippen molar-refractivity contribution >= 4 is 39.6 Å². The maximum absolute atomic E-state index is 12.6. The van der Waals surface area contributed by atoms with Gasteiger partial charge in [0.15, 0.2) is 5.11 Å². The second kappa shape index (κ2) is 6.30. The molecule has 2 aromatic carbocycles. The van der Waals surface area contributed by atoms with Crippen LogP contribution >= 0.6 is 12.2 Å². The molecule has 0 spiro atoms. The van der Waals surface area contributed by atoms with E-state index in [4.69, 9.17) is 17.0 Å². The van der Waals surface area contributed by atoms with Gasteiger partial charge in [0.05, 0.1) is 6.10 Å². The lowest BCUT2D eigenvalue weighted by Crippen LogP contribution is -2.37. The second-order valence-corrected chi connectivity index (χ2v) is 6.36. The number of hydrogen-bond acceptors (Lipinski definition) is 4. The molecule has 0 saturated carbocycles. The highest BCUT2D eigenvalue weighted by Gasteiger charge is 2.28. The SMILES string of the molecule is O=C1/C(=N\NC(=S)NC[C@@H]2CCCO2)c2cccc3cccc1c23. The number of thiocarbonyl (C=S) groups is 1. The van der Waals surface area contributed by atoms with Gasteiger partial charge in [0.1, 0.15) is 5.71 Å². The minimum absolute atomic E-state index is 0.0729. The molecule has 1 fully saturated rings. The number of carbonyl (C=O) groups is 1. The van der Waals surface area contributed by atoms with Gasteiger partial charge in [-0.25, -0.2) is 0 Å². The van der Waals surface area contributed by atoms with E-state index in [-0.39, 0.29) is 11.9 Å². The molecule has 0 unspecified atom stereocenters. The van der Waals surface area contributed by atoms with Gasteiger partial charge in [-0.1, -0.05) is 36.4 Å². The number of nitrogens with zero attached hydrogens (tertiary/aromatic N) is 1. The van der Waals surface area contributed by atoms with Crippen molar-refractivity contribution in [2.45, 2.75) is 18.9 Å². The van der Waals surface area contributed by atoms with Crippen molar-refractivity contribution < 1.29 is 9.53 Å². The van der Waals surface area contributed by atoms with Crippen LogP contribution in [0.1, 0.15) is 28.8 Å². The first-order valence-corrected chi connectivity index (χ1v) is 8.45. The molecule has 24 heavy (non-hydrogen) atoms.